The molecule has 1 aromatic heterocycles. The van der Waals surface area contributed by atoms with E-state index in [9.17, 15) is 4.79 Å². The molecule has 1 aliphatic heterocycles. The van der Waals surface area contributed by atoms with Crippen LogP contribution in [0.5, 0.6) is 0 Å². The van der Waals surface area contributed by atoms with Gasteiger partial charge >= 0.3 is 0 Å². The van der Waals surface area contributed by atoms with Crippen molar-refractivity contribution in [2.75, 3.05) is 13.2 Å². The summed E-state index contributed by atoms with van der Waals surface area (Å²) in [5.74, 6) is 0.468. The number of aryl methyl sites for hydroxylation is 1. The molecule has 19 heavy (non-hydrogen) atoms. The molecule has 2 atom stereocenters. The van der Waals surface area contributed by atoms with Crippen molar-refractivity contribution >= 4 is 17.2 Å². The summed E-state index contributed by atoms with van der Waals surface area (Å²) in [6.45, 7) is 11.4. The van der Waals surface area contributed by atoms with Gasteiger partial charge in [-0.3, -0.25) is 4.79 Å². The Morgan fingerprint density at radius 3 is 2.74 bits per heavy atom. The minimum Gasteiger partial charge on any atom is -0.375 e. The van der Waals surface area contributed by atoms with Crippen molar-refractivity contribution in [2.45, 2.75) is 52.7 Å². The van der Waals surface area contributed by atoms with Crippen LogP contribution in [0.25, 0.3) is 0 Å². The lowest BCUT2D eigenvalue weighted by Gasteiger charge is -2.36. The van der Waals surface area contributed by atoms with Crippen molar-refractivity contribution in [2.24, 2.45) is 0 Å². The zero-order valence-corrected chi connectivity index (χ0v) is 13.1. The zero-order chi connectivity index (χ0) is 14.2. The summed E-state index contributed by atoms with van der Waals surface area (Å²) in [7, 11) is 0. The highest BCUT2D eigenvalue weighted by molar-refractivity contribution is 7.13. The number of rotatable bonds is 2. The number of amides is 1. The SMILES string of the molecule is Cc1nc(C(C)C)sc1C(=O)N1C[C@@H](C)OC[C@@H]1C. The fourth-order valence-corrected chi connectivity index (χ4v) is 3.20. The van der Waals surface area contributed by atoms with E-state index in [0.717, 1.165) is 15.6 Å². The second-order valence-corrected chi connectivity index (χ2v) is 6.60. The molecule has 1 aliphatic rings. The van der Waals surface area contributed by atoms with Crippen molar-refractivity contribution in [1.82, 2.24) is 9.88 Å². The third-order valence-electron chi connectivity index (χ3n) is 3.37. The van der Waals surface area contributed by atoms with E-state index in [1.165, 1.54) is 11.3 Å². The summed E-state index contributed by atoms with van der Waals surface area (Å²) in [4.78, 5) is 19.9. The van der Waals surface area contributed by atoms with Gasteiger partial charge in [0, 0.05) is 12.5 Å². The molecule has 1 aromatic rings. The van der Waals surface area contributed by atoms with Gasteiger partial charge in [-0.2, -0.15) is 0 Å². The van der Waals surface area contributed by atoms with Crippen LogP contribution in [-0.2, 0) is 4.74 Å². The maximum Gasteiger partial charge on any atom is 0.266 e. The van der Waals surface area contributed by atoms with Crippen molar-refractivity contribution in [3.63, 3.8) is 0 Å². The number of hydrogen-bond acceptors (Lipinski definition) is 4. The van der Waals surface area contributed by atoms with Gasteiger partial charge in [-0.15, -0.1) is 11.3 Å². The van der Waals surface area contributed by atoms with Crippen LogP contribution >= 0.6 is 11.3 Å². The summed E-state index contributed by atoms with van der Waals surface area (Å²) in [6.07, 6.45) is 0.109. The minimum absolute atomic E-state index is 0.101. The molecule has 0 spiro atoms. The Bertz CT molecular complexity index is 470. The molecule has 2 rings (SSSR count). The fourth-order valence-electron chi connectivity index (χ4n) is 2.18. The second kappa shape index (κ2) is 5.59. The van der Waals surface area contributed by atoms with E-state index < -0.39 is 0 Å². The van der Waals surface area contributed by atoms with Gasteiger partial charge in [0.15, 0.2) is 0 Å². The maximum absolute atomic E-state index is 12.7. The number of carbonyl (C=O) groups is 1. The highest BCUT2D eigenvalue weighted by Gasteiger charge is 2.30. The van der Waals surface area contributed by atoms with E-state index >= 15 is 0 Å². The van der Waals surface area contributed by atoms with E-state index in [-0.39, 0.29) is 18.1 Å². The molecule has 106 valence electrons. The third-order valence-corrected chi connectivity index (χ3v) is 4.82. The van der Waals surface area contributed by atoms with Crippen molar-refractivity contribution < 1.29 is 9.53 Å². The van der Waals surface area contributed by atoms with Crippen LogP contribution in [-0.4, -0.2) is 41.1 Å². The van der Waals surface area contributed by atoms with E-state index in [1.807, 2.05) is 25.7 Å². The predicted molar refractivity (Wildman–Crippen MR) is 76.9 cm³/mol. The Hall–Kier alpha value is -0.940. The van der Waals surface area contributed by atoms with Crippen molar-refractivity contribution in [3.8, 4) is 0 Å². The van der Waals surface area contributed by atoms with Crippen LogP contribution in [0.2, 0.25) is 0 Å². The number of morpholine rings is 1. The Kier molecular flexibility index (Phi) is 4.26. The van der Waals surface area contributed by atoms with Gasteiger partial charge in [0.1, 0.15) is 4.88 Å². The zero-order valence-electron chi connectivity index (χ0n) is 12.3. The molecule has 0 unspecified atom stereocenters. The molecule has 5 heteroatoms. The van der Waals surface area contributed by atoms with Gasteiger partial charge < -0.3 is 9.64 Å². The summed E-state index contributed by atoms with van der Waals surface area (Å²) in [6, 6.07) is 0.132. The quantitative estimate of drug-likeness (QED) is 0.837. The largest absolute Gasteiger partial charge is 0.375 e. The summed E-state index contributed by atoms with van der Waals surface area (Å²) in [5.41, 5.74) is 0.852. The molecule has 0 N–H and O–H groups in total. The standard InChI is InChI=1S/C14H22N2O2S/c1-8(2)13-15-11(5)12(19-13)14(17)16-6-10(4)18-7-9(16)3/h8-10H,6-7H2,1-5H3/t9-,10+/m0/s1. The van der Waals surface area contributed by atoms with Gasteiger partial charge in [-0.05, 0) is 20.8 Å². The first kappa shape index (κ1) is 14.5. The highest BCUT2D eigenvalue weighted by Crippen LogP contribution is 2.27. The Balaban J connectivity index is 2.23. The van der Waals surface area contributed by atoms with E-state index in [4.69, 9.17) is 4.74 Å². The maximum atomic E-state index is 12.7. The third kappa shape index (κ3) is 2.98. The number of thiazole rings is 1. The van der Waals surface area contributed by atoms with Crippen molar-refractivity contribution in [3.05, 3.63) is 15.6 Å². The molecule has 0 aromatic carbocycles. The van der Waals surface area contributed by atoms with Gasteiger partial charge in [-0.1, -0.05) is 13.8 Å². The first-order chi connectivity index (χ1) is 8.90. The first-order valence-corrected chi connectivity index (χ1v) is 7.61. The van der Waals surface area contributed by atoms with Crippen LogP contribution in [0.4, 0.5) is 0 Å². The summed E-state index contributed by atoms with van der Waals surface area (Å²) >= 11 is 1.53. The molecule has 4 nitrogen and oxygen atoms in total. The van der Waals surface area contributed by atoms with Gasteiger partial charge in [0.2, 0.25) is 0 Å². The van der Waals surface area contributed by atoms with Crippen LogP contribution in [0.1, 0.15) is 54.0 Å². The predicted octanol–water partition coefficient (Wildman–Crippen LogP) is 2.82. The van der Waals surface area contributed by atoms with Crippen molar-refractivity contribution in [1.29, 1.82) is 0 Å². The van der Waals surface area contributed by atoms with E-state index in [1.54, 1.807) is 0 Å². The molecular formula is C14H22N2O2S. The van der Waals surface area contributed by atoms with Crippen LogP contribution in [0.15, 0.2) is 0 Å². The Labute approximate surface area is 118 Å². The second-order valence-electron chi connectivity index (χ2n) is 5.57. The molecule has 2 heterocycles. The van der Waals surface area contributed by atoms with Gasteiger partial charge in [0.05, 0.1) is 29.5 Å². The van der Waals surface area contributed by atoms with Crippen LogP contribution in [0, 0.1) is 6.92 Å². The number of aromatic nitrogens is 1. The highest BCUT2D eigenvalue weighted by atomic mass is 32.1. The molecule has 0 bridgehead atoms. The molecule has 0 radical (unpaired) electrons. The average molecular weight is 282 g/mol. The van der Waals surface area contributed by atoms with Gasteiger partial charge in [0.25, 0.3) is 5.91 Å². The molecule has 0 aliphatic carbocycles. The summed E-state index contributed by atoms with van der Waals surface area (Å²) in [5, 5.41) is 1.04. The number of nitrogens with zero attached hydrogens (tertiary/aromatic N) is 2. The Morgan fingerprint density at radius 2 is 2.16 bits per heavy atom. The lowest BCUT2D eigenvalue weighted by atomic mass is 10.2. The molecule has 1 fully saturated rings. The normalized spacial score (nSPS) is 24.0. The average Bonchev–Trinajstić information content (AvgIpc) is 2.74. The topological polar surface area (TPSA) is 42.4 Å². The first-order valence-electron chi connectivity index (χ1n) is 6.80. The molecular weight excluding hydrogens is 260 g/mol. The monoisotopic (exact) mass is 282 g/mol. The molecule has 1 amide bonds. The van der Waals surface area contributed by atoms with E-state index in [2.05, 4.69) is 18.8 Å². The van der Waals surface area contributed by atoms with Crippen LogP contribution in [0.3, 0.4) is 0 Å². The van der Waals surface area contributed by atoms with Gasteiger partial charge in [-0.25, -0.2) is 4.98 Å². The van der Waals surface area contributed by atoms with Crippen LogP contribution < -0.4 is 0 Å². The minimum atomic E-state index is 0.101. The molecule has 0 saturated carbocycles. The fraction of sp³-hybridized carbons (Fsp3) is 0.714. The lowest BCUT2D eigenvalue weighted by molar-refractivity contribution is -0.0385. The lowest BCUT2D eigenvalue weighted by Crippen LogP contribution is -2.50. The Morgan fingerprint density at radius 1 is 1.47 bits per heavy atom. The number of carbonyl (C=O) groups excluding carboxylic acids is 1. The number of ether oxygens (including phenoxy) is 1. The molecule has 1 saturated heterocycles. The smallest absolute Gasteiger partial charge is 0.266 e. The number of hydrogen-bond donors (Lipinski definition) is 0. The summed E-state index contributed by atoms with van der Waals surface area (Å²) < 4.78 is 5.57. The van der Waals surface area contributed by atoms with E-state index in [0.29, 0.717) is 19.1 Å².